The van der Waals surface area contributed by atoms with Crippen molar-refractivity contribution in [2.75, 3.05) is 6.54 Å². The summed E-state index contributed by atoms with van der Waals surface area (Å²) < 4.78 is 0. The second-order valence-electron chi connectivity index (χ2n) is 4.57. The smallest absolute Gasteiger partial charge is 0.254 e. The predicted molar refractivity (Wildman–Crippen MR) is 82.7 cm³/mol. The number of thiophene rings is 1. The fourth-order valence-electron chi connectivity index (χ4n) is 1.73. The third-order valence-corrected chi connectivity index (χ3v) is 4.24. The Balaban J connectivity index is 2.10. The van der Waals surface area contributed by atoms with Crippen molar-refractivity contribution in [2.45, 2.75) is 12.5 Å². The van der Waals surface area contributed by atoms with Crippen LogP contribution >= 0.6 is 34.5 Å². The fourth-order valence-corrected chi connectivity index (χ4v) is 3.08. The zero-order valence-electron chi connectivity index (χ0n) is 10.7. The van der Waals surface area contributed by atoms with Gasteiger partial charge in [-0.05, 0) is 41.4 Å². The molecular formula is C14H13Cl2NO2S. The van der Waals surface area contributed by atoms with E-state index in [0.717, 1.165) is 5.56 Å². The predicted octanol–water partition coefficient (Wildman–Crippen LogP) is 3.69. The molecule has 0 aliphatic rings. The van der Waals surface area contributed by atoms with Crippen LogP contribution in [-0.4, -0.2) is 17.6 Å². The van der Waals surface area contributed by atoms with Gasteiger partial charge in [0.25, 0.3) is 5.91 Å². The van der Waals surface area contributed by atoms with Crippen molar-refractivity contribution in [3.63, 3.8) is 0 Å². The Morgan fingerprint density at radius 1 is 1.35 bits per heavy atom. The van der Waals surface area contributed by atoms with Gasteiger partial charge in [-0.1, -0.05) is 29.3 Å². The molecule has 106 valence electrons. The van der Waals surface area contributed by atoms with Crippen LogP contribution in [0.15, 0.2) is 35.0 Å². The molecule has 0 radical (unpaired) electrons. The van der Waals surface area contributed by atoms with Gasteiger partial charge in [0.2, 0.25) is 0 Å². The van der Waals surface area contributed by atoms with Crippen LogP contribution in [0.5, 0.6) is 0 Å². The minimum absolute atomic E-state index is 0.0735. The Morgan fingerprint density at radius 3 is 2.55 bits per heavy atom. The normalized spacial score (nSPS) is 13.8. The van der Waals surface area contributed by atoms with E-state index < -0.39 is 11.5 Å². The number of hydrogen-bond acceptors (Lipinski definition) is 3. The molecule has 0 bridgehead atoms. The number of carbonyl (C=O) groups excluding carboxylic acids is 1. The molecule has 1 amide bonds. The maximum atomic E-state index is 12.1. The Hall–Kier alpha value is -1.07. The summed E-state index contributed by atoms with van der Waals surface area (Å²) >= 11 is 13.4. The van der Waals surface area contributed by atoms with E-state index in [4.69, 9.17) is 23.2 Å². The summed E-state index contributed by atoms with van der Waals surface area (Å²) in [7, 11) is 0. The molecule has 2 N–H and O–H groups in total. The summed E-state index contributed by atoms with van der Waals surface area (Å²) in [6.45, 7) is 1.72. The first-order valence-electron chi connectivity index (χ1n) is 5.89. The van der Waals surface area contributed by atoms with Gasteiger partial charge in [-0.2, -0.15) is 11.3 Å². The number of rotatable bonds is 4. The highest BCUT2D eigenvalue weighted by atomic mass is 35.5. The number of hydrogen-bond donors (Lipinski definition) is 2. The van der Waals surface area contributed by atoms with Crippen molar-refractivity contribution in [3.8, 4) is 0 Å². The molecule has 0 saturated carbocycles. The van der Waals surface area contributed by atoms with Crippen molar-refractivity contribution in [1.29, 1.82) is 0 Å². The van der Waals surface area contributed by atoms with Gasteiger partial charge < -0.3 is 10.4 Å². The highest BCUT2D eigenvalue weighted by molar-refractivity contribution is 7.08. The lowest BCUT2D eigenvalue weighted by molar-refractivity contribution is 0.0530. The minimum Gasteiger partial charge on any atom is -0.384 e. The van der Waals surface area contributed by atoms with Crippen LogP contribution in [0.2, 0.25) is 10.0 Å². The Morgan fingerprint density at radius 2 is 2.00 bits per heavy atom. The molecule has 0 fully saturated rings. The SMILES string of the molecule is CC(O)(CNC(=O)c1c(Cl)cccc1Cl)c1ccsc1. The first-order valence-corrected chi connectivity index (χ1v) is 7.59. The molecule has 0 saturated heterocycles. The molecule has 3 nitrogen and oxygen atoms in total. The first-order chi connectivity index (χ1) is 9.42. The monoisotopic (exact) mass is 329 g/mol. The van der Waals surface area contributed by atoms with Gasteiger partial charge in [-0.15, -0.1) is 0 Å². The average Bonchev–Trinajstić information content (AvgIpc) is 2.91. The first kappa shape index (κ1) is 15.3. The Kier molecular flexibility index (Phi) is 4.70. The molecule has 2 rings (SSSR count). The number of benzene rings is 1. The van der Waals surface area contributed by atoms with Crippen LogP contribution in [0.4, 0.5) is 0 Å². The molecule has 0 spiro atoms. The number of carbonyl (C=O) groups is 1. The maximum Gasteiger partial charge on any atom is 0.254 e. The van der Waals surface area contributed by atoms with Gasteiger partial charge in [-0.3, -0.25) is 4.79 Å². The standard InChI is InChI=1S/C14H13Cl2NO2S/c1-14(19,9-5-6-20-7-9)8-17-13(18)12-10(15)3-2-4-11(12)16/h2-7,19H,8H2,1H3,(H,17,18). The molecule has 1 atom stereocenters. The highest BCUT2D eigenvalue weighted by Crippen LogP contribution is 2.25. The summed E-state index contributed by atoms with van der Waals surface area (Å²) in [4.78, 5) is 12.1. The topological polar surface area (TPSA) is 49.3 Å². The van der Waals surface area contributed by atoms with Crippen molar-refractivity contribution in [1.82, 2.24) is 5.32 Å². The van der Waals surface area contributed by atoms with E-state index >= 15 is 0 Å². The van der Waals surface area contributed by atoms with E-state index in [0.29, 0.717) is 0 Å². The van der Waals surface area contributed by atoms with Crippen LogP contribution in [0, 0.1) is 0 Å². The number of aliphatic hydroxyl groups is 1. The summed E-state index contributed by atoms with van der Waals surface area (Å²) in [5.41, 5.74) is -0.159. The number of nitrogens with one attached hydrogen (secondary N) is 1. The van der Waals surface area contributed by atoms with Gasteiger partial charge in [0.1, 0.15) is 5.60 Å². The second-order valence-corrected chi connectivity index (χ2v) is 6.16. The molecular weight excluding hydrogens is 317 g/mol. The van der Waals surface area contributed by atoms with E-state index in [1.807, 2.05) is 16.8 Å². The van der Waals surface area contributed by atoms with Gasteiger partial charge in [0.15, 0.2) is 0 Å². The zero-order valence-corrected chi connectivity index (χ0v) is 13.0. The van der Waals surface area contributed by atoms with Crippen LogP contribution in [0.1, 0.15) is 22.8 Å². The molecule has 0 aliphatic carbocycles. The maximum absolute atomic E-state index is 12.1. The quantitative estimate of drug-likeness (QED) is 0.898. The molecule has 1 unspecified atom stereocenters. The molecule has 1 aromatic heterocycles. The van der Waals surface area contributed by atoms with Crippen molar-refractivity contribution < 1.29 is 9.90 Å². The summed E-state index contributed by atoms with van der Waals surface area (Å²) in [6.07, 6.45) is 0. The van der Waals surface area contributed by atoms with Crippen LogP contribution in [0.25, 0.3) is 0 Å². The van der Waals surface area contributed by atoms with Crippen LogP contribution in [0.3, 0.4) is 0 Å². The Labute approximate surface area is 131 Å². The van der Waals surface area contributed by atoms with Crippen molar-refractivity contribution >= 4 is 40.4 Å². The van der Waals surface area contributed by atoms with Gasteiger partial charge in [-0.25, -0.2) is 0 Å². The van der Waals surface area contributed by atoms with E-state index in [1.165, 1.54) is 11.3 Å². The van der Waals surface area contributed by atoms with Crippen molar-refractivity contribution in [3.05, 3.63) is 56.2 Å². The van der Waals surface area contributed by atoms with Crippen LogP contribution in [-0.2, 0) is 5.60 Å². The van der Waals surface area contributed by atoms with E-state index in [2.05, 4.69) is 5.32 Å². The molecule has 1 aromatic carbocycles. The van der Waals surface area contributed by atoms with Crippen LogP contribution < -0.4 is 5.32 Å². The zero-order chi connectivity index (χ0) is 14.8. The summed E-state index contributed by atoms with van der Waals surface area (Å²) in [6, 6.07) is 6.68. The minimum atomic E-state index is -1.14. The number of amides is 1. The number of halogens is 2. The van der Waals surface area contributed by atoms with Crippen molar-refractivity contribution in [2.24, 2.45) is 0 Å². The molecule has 1 heterocycles. The van der Waals surface area contributed by atoms with E-state index in [-0.39, 0.29) is 22.2 Å². The molecule has 20 heavy (non-hydrogen) atoms. The van der Waals surface area contributed by atoms with Gasteiger partial charge in [0.05, 0.1) is 22.2 Å². The second kappa shape index (κ2) is 6.14. The molecule has 2 aromatic rings. The average molecular weight is 330 g/mol. The van der Waals surface area contributed by atoms with Gasteiger partial charge >= 0.3 is 0 Å². The highest BCUT2D eigenvalue weighted by Gasteiger charge is 2.25. The lowest BCUT2D eigenvalue weighted by Crippen LogP contribution is -2.38. The largest absolute Gasteiger partial charge is 0.384 e. The fraction of sp³-hybridized carbons (Fsp3) is 0.214. The van der Waals surface area contributed by atoms with E-state index in [1.54, 1.807) is 25.1 Å². The van der Waals surface area contributed by atoms with Gasteiger partial charge in [0, 0.05) is 0 Å². The summed E-state index contributed by atoms with van der Waals surface area (Å²) in [5, 5.41) is 17.3. The lowest BCUT2D eigenvalue weighted by atomic mass is 9.99. The lowest BCUT2D eigenvalue weighted by Gasteiger charge is -2.23. The third-order valence-electron chi connectivity index (χ3n) is 2.93. The molecule has 0 aliphatic heterocycles. The molecule has 6 heteroatoms. The third kappa shape index (κ3) is 3.33. The summed E-state index contributed by atoms with van der Waals surface area (Å²) in [5.74, 6) is -0.406. The Bertz CT molecular complexity index is 591. The van der Waals surface area contributed by atoms with E-state index in [9.17, 15) is 9.90 Å².